The van der Waals surface area contributed by atoms with Crippen molar-refractivity contribution in [1.82, 2.24) is 49.4 Å². The zero-order valence-corrected chi connectivity index (χ0v) is 95.1. The fourth-order valence-corrected chi connectivity index (χ4v) is 20.7. The van der Waals surface area contributed by atoms with E-state index in [9.17, 15) is 0 Å². The van der Waals surface area contributed by atoms with E-state index in [2.05, 4.69) is 308 Å². The quantitative estimate of drug-likeness (QED) is 0.0995. The summed E-state index contributed by atoms with van der Waals surface area (Å²) in [7, 11) is -2.54. The van der Waals surface area contributed by atoms with E-state index in [1.165, 1.54) is 80.3 Å². The van der Waals surface area contributed by atoms with Crippen LogP contribution in [0, 0.1) is 55.4 Å². The Bertz CT molecular complexity index is 8260. The van der Waals surface area contributed by atoms with Crippen molar-refractivity contribution >= 4 is 119 Å². The number of fused-ring (bicyclic) bond motifs is 13. The maximum Gasteiger partial charge on any atom is 2.00 e. The van der Waals surface area contributed by atoms with E-state index in [1.807, 2.05) is 225 Å². The summed E-state index contributed by atoms with van der Waals surface area (Å²) in [5.41, 5.74) is 28.3. The predicted octanol–water partition coefficient (Wildman–Crippen LogP) is 30.5. The molecule has 24 aromatic rings. The number of hydrogen-bond donors (Lipinski definition) is 1. The molecule has 0 saturated carbocycles. The van der Waals surface area contributed by atoms with Gasteiger partial charge in [0.05, 0.1) is 38.4 Å². The normalized spacial score (nSPS) is 11.6. The average Bonchev–Trinajstić information content (AvgIpc) is 1.57. The molecular formula is C127H97Ir4N11PtSSi2-6. The number of H-pyrrole nitrogens is 1. The third kappa shape index (κ3) is 24.7. The molecule has 2 aliphatic heterocycles. The van der Waals surface area contributed by atoms with Gasteiger partial charge in [-0.3, -0.25) is 14.9 Å². The smallest absolute Gasteiger partial charge is 0.353 e. The Morgan fingerprint density at radius 1 is 0.322 bits per heavy atom. The van der Waals surface area contributed by atoms with Crippen LogP contribution in [-0.2, 0) is 114 Å². The van der Waals surface area contributed by atoms with Crippen LogP contribution in [0.25, 0.3) is 160 Å². The van der Waals surface area contributed by atoms with Crippen molar-refractivity contribution in [3.05, 3.63) is 508 Å². The van der Waals surface area contributed by atoms with Crippen molar-refractivity contribution in [1.29, 1.82) is 0 Å². The second-order valence-corrected chi connectivity index (χ2v) is 47.4. The third-order valence-electron chi connectivity index (χ3n) is 24.7. The van der Waals surface area contributed by atoms with Gasteiger partial charge in [-0.1, -0.05) is 208 Å². The van der Waals surface area contributed by atoms with Gasteiger partial charge in [0.2, 0.25) is 0 Å². The van der Waals surface area contributed by atoms with Gasteiger partial charge in [-0.15, -0.1) is 280 Å². The Morgan fingerprint density at radius 2 is 0.795 bits per heavy atom. The molecule has 11 aromatic heterocycles. The average molecular weight is 2830 g/mol. The fourth-order valence-electron chi connectivity index (χ4n) is 17.5. The predicted molar refractivity (Wildman–Crippen MR) is 589 cm³/mol. The van der Waals surface area contributed by atoms with Gasteiger partial charge in [-0.05, 0) is 134 Å². The van der Waals surface area contributed by atoms with Crippen LogP contribution in [0.3, 0.4) is 0 Å². The largest absolute Gasteiger partial charge is 2.00 e. The second-order valence-electron chi connectivity index (χ2n) is 36.2. The third-order valence-corrected chi connectivity index (χ3v) is 29.8. The van der Waals surface area contributed by atoms with Crippen LogP contribution in [0.2, 0.25) is 39.3 Å². The van der Waals surface area contributed by atoms with E-state index >= 15 is 0 Å². The molecule has 26 rings (SSSR count). The van der Waals surface area contributed by atoms with Crippen LogP contribution in [0.5, 0.6) is 0 Å². The minimum atomic E-state index is -2.20. The molecule has 0 aliphatic carbocycles. The number of hydrogen-bond acceptors (Lipinski definition) is 10. The molecular weight excluding hydrogens is 2730 g/mol. The summed E-state index contributed by atoms with van der Waals surface area (Å²) < 4.78 is 28.3. The number of nitrogens with zero attached hydrogens (tertiary/aromatic N) is 10. The van der Waals surface area contributed by atoms with Crippen molar-refractivity contribution in [3.8, 4) is 95.6 Å². The molecule has 1 N–H and O–H groups in total. The zero-order chi connectivity index (χ0) is 98.5. The number of rotatable bonds is 11. The standard InChI is InChI=1S/C30H19N3.C29H18N3.C18H14N.C17H24NSi2.C11H6NS.2C11H8N.4Ir.Pt/c1-3-8-20(9-4-1)26-16-14-24-18-22-12-7-13-23-19-25-15-17-27(21-10-5-2-6-11-21)32-30(25)33(28(22)23)29(24)31-26;1-3-9-19(10-4-1)25-16-23-22-15-24-21-13-7-8-14-28(21)32(20-11-5-2-6-12-20)29(24)17-26(22)31-27(23)18-30-25;1-14-12-18(16-10-6-3-7-11-16)19-13-17(14)15-8-4-2-5-9-15;1-19(2,3)15-9-7-8-14(12-15)17-11-10-16(13-18-17)20(4,5)6;1-2-5-9-8(4-1)11-10(13-9)6-3-7-12-11;2*1-2-6-10(7-3-1)11-8-4-5-9-12-11;;;;;/h1-8,10,12-17H,18-19H2;1-9,11-18,31H;2-10,12-13H,1H3;7,9-13H,1-6H3;1-3,5-7H;2*1-6,8-9H;;;;;/q-2;6*-1;;;;;+2/i;;1D3;;;;;;;;;. The van der Waals surface area contributed by atoms with Crippen molar-refractivity contribution in [3.63, 3.8) is 0 Å². The summed E-state index contributed by atoms with van der Waals surface area (Å²) in [5, 5.41) is 8.91. The molecule has 0 spiro atoms. The number of nitrogens with one attached hydrogen (secondary N) is 1. The Hall–Kier alpha value is -13.6. The number of anilines is 3. The molecule has 11 nitrogen and oxygen atoms in total. The number of pyridine rings is 8. The maximum atomic E-state index is 7.82. The fraction of sp³-hybridized carbons (Fsp3) is 0.0709. The van der Waals surface area contributed by atoms with Gasteiger partial charge in [0.25, 0.3) is 0 Å². The minimum absolute atomic E-state index is 0. The molecule has 146 heavy (non-hydrogen) atoms. The van der Waals surface area contributed by atoms with Crippen molar-refractivity contribution in [2.24, 2.45) is 0 Å². The molecule has 13 aromatic carbocycles. The molecule has 0 saturated heterocycles. The van der Waals surface area contributed by atoms with Crippen LogP contribution < -0.4 is 15.3 Å². The first-order chi connectivity index (χ1) is 70.3. The Labute approximate surface area is 932 Å². The number of para-hydroxylation sites is 3. The molecule has 13 heterocycles. The first-order valence-corrected chi connectivity index (χ1v) is 54.8. The molecule has 19 heteroatoms. The van der Waals surface area contributed by atoms with E-state index in [0.717, 1.165) is 131 Å². The summed E-state index contributed by atoms with van der Waals surface area (Å²) in [6, 6.07) is 158. The summed E-state index contributed by atoms with van der Waals surface area (Å²) in [6.07, 6.45) is 12.8. The van der Waals surface area contributed by atoms with E-state index in [0.29, 0.717) is 16.8 Å². The Morgan fingerprint density at radius 3 is 1.33 bits per heavy atom. The molecule has 0 fully saturated rings. The summed E-state index contributed by atoms with van der Waals surface area (Å²) >= 11 is 1.77. The van der Waals surface area contributed by atoms with Gasteiger partial charge in [0.1, 0.15) is 11.6 Å². The van der Waals surface area contributed by atoms with Gasteiger partial charge in [-0.2, -0.15) is 11.3 Å². The van der Waals surface area contributed by atoms with Gasteiger partial charge in [0, 0.05) is 183 Å². The molecule has 0 atom stereocenters. The van der Waals surface area contributed by atoms with Crippen LogP contribution >= 0.6 is 11.3 Å². The number of thiophene rings is 1. The van der Waals surface area contributed by atoms with E-state index < -0.39 is 23.0 Å². The zero-order valence-electron chi connectivity index (χ0n) is 83.4. The molecule has 0 unspecified atom stereocenters. The first kappa shape index (κ1) is 102. The van der Waals surface area contributed by atoms with Crippen molar-refractivity contribution in [2.45, 2.75) is 59.0 Å². The van der Waals surface area contributed by atoms with Crippen LogP contribution in [0.1, 0.15) is 31.9 Å². The summed E-state index contributed by atoms with van der Waals surface area (Å²) in [4.78, 5) is 42.7. The molecule has 4 radical (unpaired) electrons. The number of benzene rings is 13. The van der Waals surface area contributed by atoms with Gasteiger partial charge in [-0.25, -0.2) is 0 Å². The SMILES string of the molecule is C[Si](C)(C)c1ccc(-c2[c-]ccc([Si](C)(C)C)c2)nc1.[2H]C([2H])([2H])c1cc(-c2[c-]cccc2)ncc1-c1ccccc1.[Ir].[Ir].[Ir].[Ir].[Pt+2].[c-]1cccc2sc3cccnc3c12.[c-]1ccccc1-c1cc2c(cn1)[nH]c1cc3c(cc12)c1ccccc1n3-c1ccccc1.[c-]1ccccc1-c1ccc2c(n1)N1c3nc(-c4[c-]cccc4)ccc3Cc3cccc(c31)C2.[c-]1ccccc1-c1ccccn1.[c-]1ccccc1-c1ccccn1. The molecule has 726 valence electrons. The Balaban J connectivity index is 0.000000134. The van der Waals surface area contributed by atoms with Crippen LogP contribution in [0.4, 0.5) is 17.3 Å². The number of aryl methyl sites for hydroxylation is 1. The van der Waals surface area contributed by atoms with Gasteiger partial charge >= 0.3 is 21.1 Å². The van der Waals surface area contributed by atoms with E-state index in [-0.39, 0.29) is 101 Å². The Kier molecular flexibility index (Phi) is 34.7. The first-order valence-electron chi connectivity index (χ1n) is 48.5. The van der Waals surface area contributed by atoms with Gasteiger partial charge < -0.3 is 39.5 Å². The van der Waals surface area contributed by atoms with E-state index in [1.54, 1.807) is 42.1 Å². The molecule has 2 aliphatic rings. The van der Waals surface area contributed by atoms with Crippen molar-refractivity contribution in [2.75, 3.05) is 4.90 Å². The topological polar surface area (TPSA) is 127 Å². The van der Waals surface area contributed by atoms with Crippen LogP contribution in [-0.4, -0.2) is 65.6 Å². The summed E-state index contributed by atoms with van der Waals surface area (Å²) in [6.45, 7) is 12.0. The van der Waals surface area contributed by atoms with Crippen molar-refractivity contribution < 1.29 is 106 Å². The van der Waals surface area contributed by atoms with E-state index in [4.69, 9.17) is 14.1 Å². The monoisotopic (exact) mass is 2830 g/mol. The maximum absolute atomic E-state index is 7.82. The minimum Gasteiger partial charge on any atom is -0.353 e. The number of aromatic amines is 1. The molecule has 0 amide bonds. The summed E-state index contributed by atoms with van der Waals surface area (Å²) in [5.74, 6) is 1.93. The second kappa shape index (κ2) is 49.5. The van der Waals surface area contributed by atoms with Crippen LogP contribution in [0.15, 0.2) is 431 Å². The molecule has 0 bridgehead atoms. The number of aromatic nitrogens is 10. The van der Waals surface area contributed by atoms with Gasteiger partial charge in [0.15, 0.2) is 0 Å².